The van der Waals surface area contributed by atoms with Crippen LogP contribution < -0.4 is 10.1 Å². The quantitative estimate of drug-likeness (QED) is 0.408. The number of ketones is 1. The van der Waals surface area contributed by atoms with Gasteiger partial charge in [-0.3, -0.25) is 14.5 Å². The molecule has 38 heavy (non-hydrogen) atoms. The van der Waals surface area contributed by atoms with Gasteiger partial charge in [-0.2, -0.15) is 0 Å². The first kappa shape index (κ1) is 29.3. The van der Waals surface area contributed by atoms with Gasteiger partial charge in [0.1, 0.15) is 23.8 Å². The van der Waals surface area contributed by atoms with Crippen molar-refractivity contribution in [1.29, 1.82) is 0 Å². The Kier molecular flexibility index (Phi) is 9.70. The molecule has 2 aromatic rings. The zero-order chi connectivity index (χ0) is 26.6. The summed E-state index contributed by atoms with van der Waals surface area (Å²) < 4.78 is 35.9. The third-order valence-electron chi connectivity index (χ3n) is 6.46. The lowest BCUT2D eigenvalue weighted by Gasteiger charge is -2.44. The highest BCUT2D eigenvalue weighted by Gasteiger charge is 2.48. The number of nitrogens with one attached hydrogen (secondary N) is 1. The fraction of sp³-hybridized carbons (Fsp3) is 0.444. The molecule has 4 rings (SSSR count). The van der Waals surface area contributed by atoms with E-state index in [1.165, 1.54) is 31.2 Å². The first-order valence-electron chi connectivity index (χ1n) is 12.2. The van der Waals surface area contributed by atoms with E-state index in [2.05, 4.69) is 10.2 Å². The number of ether oxygens (including phenoxy) is 4. The highest BCUT2D eigenvalue weighted by Crippen LogP contribution is 2.42. The van der Waals surface area contributed by atoms with Crippen molar-refractivity contribution >= 4 is 30.3 Å². The van der Waals surface area contributed by atoms with E-state index in [1.54, 1.807) is 32.0 Å². The number of fused-ring (bicyclic) bond motifs is 1. The standard InChI is InChI=1S/C27H31FN2O7.ClH/c1-17(31)19-6-9-22-21(16-19)23(29-25(32)18-4-7-20(28)8-5-18)24(27(2,3)37-22)36-26(33)35-15-12-30-10-13-34-14-11-30;/h4-9,16,23-24H,10-15H2,1-3H3,(H,29,32);1H/t23-,24-;/m1./s1. The number of rotatable bonds is 7. The normalized spacial score (nSPS) is 20.2. The molecule has 2 atom stereocenters. The molecule has 1 N–H and O–H groups in total. The van der Waals surface area contributed by atoms with Crippen molar-refractivity contribution in [1.82, 2.24) is 10.2 Å². The number of hydrogen-bond acceptors (Lipinski definition) is 8. The van der Waals surface area contributed by atoms with Gasteiger partial charge in [0.25, 0.3) is 5.91 Å². The molecule has 9 nitrogen and oxygen atoms in total. The summed E-state index contributed by atoms with van der Waals surface area (Å²) in [5, 5.41) is 2.89. The summed E-state index contributed by atoms with van der Waals surface area (Å²) in [7, 11) is 0. The number of Topliss-reactive ketones (excluding diaryl/α,β-unsaturated/α-hetero) is 1. The van der Waals surface area contributed by atoms with E-state index in [0.717, 1.165) is 13.1 Å². The highest BCUT2D eigenvalue weighted by molar-refractivity contribution is 5.95. The maximum Gasteiger partial charge on any atom is 0.508 e. The van der Waals surface area contributed by atoms with Gasteiger partial charge in [-0.1, -0.05) is 0 Å². The van der Waals surface area contributed by atoms with E-state index in [1.807, 2.05) is 0 Å². The van der Waals surface area contributed by atoms with Crippen molar-refractivity contribution in [2.24, 2.45) is 0 Å². The van der Waals surface area contributed by atoms with E-state index in [9.17, 15) is 18.8 Å². The van der Waals surface area contributed by atoms with Crippen LogP contribution in [0.4, 0.5) is 9.18 Å². The van der Waals surface area contributed by atoms with Crippen LogP contribution in [0.2, 0.25) is 0 Å². The van der Waals surface area contributed by atoms with Crippen LogP contribution in [0.3, 0.4) is 0 Å². The van der Waals surface area contributed by atoms with Crippen molar-refractivity contribution < 1.29 is 37.7 Å². The molecule has 1 fully saturated rings. The monoisotopic (exact) mass is 550 g/mol. The van der Waals surface area contributed by atoms with Crippen molar-refractivity contribution in [2.75, 3.05) is 39.5 Å². The van der Waals surface area contributed by atoms with E-state index in [0.29, 0.717) is 36.6 Å². The van der Waals surface area contributed by atoms with Gasteiger partial charge in [-0.25, -0.2) is 9.18 Å². The largest absolute Gasteiger partial charge is 0.508 e. The van der Waals surface area contributed by atoms with Gasteiger partial charge < -0.3 is 24.3 Å². The van der Waals surface area contributed by atoms with Gasteiger partial charge in [-0.05, 0) is 63.2 Å². The van der Waals surface area contributed by atoms with E-state index >= 15 is 0 Å². The average Bonchev–Trinajstić information content (AvgIpc) is 2.86. The van der Waals surface area contributed by atoms with Gasteiger partial charge in [0.15, 0.2) is 11.9 Å². The second kappa shape index (κ2) is 12.6. The molecular formula is C27H32ClFN2O7. The minimum atomic E-state index is -1.06. The number of carbonyl (C=O) groups excluding carboxylic acids is 3. The second-order valence-electron chi connectivity index (χ2n) is 9.56. The Hall–Kier alpha value is -3.21. The summed E-state index contributed by atoms with van der Waals surface area (Å²) in [6, 6.07) is 9.12. The Bertz CT molecular complexity index is 1150. The SMILES string of the molecule is CC(=O)c1ccc2c(c1)[C@@H](NC(=O)c1ccc(F)cc1)[C@@H](OC(=O)OCCN1CCOCC1)C(C)(C)O2.Cl. The predicted octanol–water partition coefficient (Wildman–Crippen LogP) is 3.95. The number of carbonyl (C=O) groups is 3. The summed E-state index contributed by atoms with van der Waals surface area (Å²) in [4.78, 5) is 40.0. The lowest BCUT2D eigenvalue weighted by molar-refractivity contribution is -0.0896. The molecule has 2 aliphatic heterocycles. The number of morpholine rings is 1. The second-order valence-corrected chi connectivity index (χ2v) is 9.56. The minimum absolute atomic E-state index is 0. The number of benzene rings is 2. The minimum Gasteiger partial charge on any atom is -0.484 e. The third-order valence-corrected chi connectivity index (χ3v) is 6.46. The van der Waals surface area contributed by atoms with E-state index in [-0.39, 0.29) is 30.4 Å². The molecule has 0 aromatic heterocycles. The Labute approximate surface area is 227 Å². The molecule has 0 radical (unpaired) electrons. The zero-order valence-corrected chi connectivity index (χ0v) is 22.3. The predicted molar refractivity (Wildman–Crippen MR) is 138 cm³/mol. The Morgan fingerprint density at radius 2 is 1.74 bits per heavy atom. The molecule has 0 unspecified atom stereocenters. The van der Waals surface area contributed by atoms with Crippen LogP contribution >= 0.6 is 12.4 Å². The molecule has 1 saturated heterocycles. The van der Waals surface area contributed by atoms with Crippen molar-refractivity contribution in [2.45, 2.75) is 38.5 Å². The molecule has 1 amide bonds. The highest BCUT2D eigenvalue weighted by atomic mass is 35.5. The van der Waals surface area contributed by atoms with Crippen LogP contribution in [0.5, 0.6) is 5.75 Å². The van der Waals surface area contributed by atoms with Crippen LogP contribution in [0, 0.1) is 5.82 Å². The molecule has 2 heterocycles. The molecular weight excluding hydrogens is 519 g/mol. The smallest absolute Gasteiger partial charge is 0.484 e. The van der Waals surface area contributed by atoms with Gasteiger partial charge in [-0.15, -0.1) is 12.4 Å². The maximum atomic E-state index is 13.4. The molecule has 2 aromatic carbocycles. The van der Waals surface area contributed by atoms with Crippen molar-refractivity contribution in [3.05, 3.63) is 65.0 Å². The van der Waals surface area contributed by atoms with Gasteiger partial charge in [0.2, 0.25) is 0 Å². The molecule has 2 aliphatic rings. The fourth-order valence-corrected chi connectivity index (χ4v) is 4.42. The van der Waals surface area contributed by atoms with Crippen LogP contribution in [0.25, 0.3) is 0 Å². The molecule has 0 bridgehead atoms. The molecule has 11 heteroatoms. The zero-order valence-electron chi connectivity index (χ0n) is 21.5. The van der Waals surface area contributed by atoms with Gasteiger partial charge >= 0.3 is 6.16 Å². The number of halogens is 2. The van der Waals surface area contributed by atoms with E-state index in [4.69, 9.17) is 18.9 Å². The molecule has 0 aliphatic carbocycles. The lowest BCUT2D eigenvalue weighted by atomic mass is 9.85. The summed E-state index contributed by atoms with van der Waals surface area (Å²) >= 11 is 0. The van der Waals surface area contributed by atoms with Crippen LogP contribution in [0.1, 0.15) is 53.1 Å². The number of amides is 1. The maximum absolute atomic E-state index is 13.4. The third kappa shape index (κ3) is 7.00. The topological polar surface area (TPSA) is 103 Å². The van der Waals surface area contributed by atoms with Gasteiger partial charge in [0, 0.05) is 36.3 Å². The summed E-state index contributed by atoms with van der Waals surface area (Å²) in [5.74, 6) is -0.700. The number of hydrogen-bond donors (Lipinski definition) is 1. The Morgan fingerprint density at radius 1 is 1.08 bits per heavy atom. The molecule has 206 valence electrons. The summed E-state index contributed by atoms with van der Waals surface area (Å²) in [6.45, 7) is 8.35. The first-order valence-corrected chi connectivity index (χ1v) is 12.2. The molecule has 0 spiro atoms. The van der Waals surface area contributed by atoms with Gasteiger partial charge in [0.05, 0.1) is 19.3 Å². The van der Waals surface area contributed by atoms with Crippen LogP contribution in [-0.2, 0) is 14.2 Å². The first-order chi connectivity index (χ1) is 17.6. The van der Waals surface area contributed by atoms with Crippen LogP contribution in [-0.4, -0.2) is 73.9 Å². The van der Waals surface area contributed by atoms with E-state index < -0.39 is 35.6 Å². The fourth-order valence-electron chi connectivity index (χ4n) is 4.42. The lowest BCUT2D eigenvalue weighted by Crippen LogP contribution is -2.55. The van der Waals surface area contributed by atoms with Crippen LogP contribution in [0.15, 0.2) is 42.5 Å². The number of nitrogens with zero attached hydrogens (tertiary/aromatic N) is 1. The Balaban J connectivity index is 0.00000400. The summed E-state index contributed by atoms with van der Waals surface area (Å²) in [5.41, 5.74) is 0.0553. The van der Waals surface area contributed by atoms with Crippen molar-refractivity contribution in [3.8, 4) is 5.75 Å². The average molecular weight is 551 g/mol. The van der Waals surface area contributed by atoms with Crippen molar-refractivity contribution in [3.63, 3.8) is 0 Å². The Morgan fingerprint density at radius 3 is 2.39 bits per heavy atom. The summed E-state index contributed by atoms with van der Waals surface area (Å²) in [6.07, 6.45) is -1.90. The molecule has 0 saturated carbocycles.